The van der Waals surface area contributed by atoms with E-state index in [4.69, 9.17) is 11.6 Å². The SMILES string of the molecule is CCCCCC(=O)N[C@@H](C(=O)O)c1ccccc1Cl. The average Bonchev–Trinajstić information content (AvgIpc) is 2.37. The first-order chi connectivity index (χ1) is 9.06. The molecular weight excluding hydrogens is 266 g/mol. The fourth-order valence-corrected chi connectivity index (χ4v) is 2.00. The fourth-order valence-electron chi connectivity index (χ4n) is 1.75. The van der Waals surface area contributed by atoms with Gasteiger partial charge < -0.3 is 10.4 Å². The number of carbonyl (C=O) groups excluding carboxylic acids is 1. The van der Waals surface area contributed by atoms with Gasteiger partial charge in [0.25, 0.3) is 0 Å². The maximum Gasteiger partial charge on any atom is 0.330 e. The van der Waals surface area contributed by atoms with E-state index in [1.807, 2.05) is 6.92 Å². The monoisotopic (exact) mass is 283 g/mol. The minimum atomic E-state index is -1.11. The molecule has 0 saturated carbocycles. The maximum atomic E-state index is 11.7. The predicted octanol–water partition coefficient (Wildman–Crippen LogP) is 3.16. The van der Waals surface area contributed by atoms with E-state index in [0.717, 1.165) is 19.3 Å². The maximum absolute atomic E-state index is 11.7. The lowest BCUT2D eigenvalue weighted by molar-refractivity contribution is -0.142. The van der Waals surface area contributed by atoms with Gasteiger partial charge in [-0.05, 0) is 12.5 Å². The van der Waals surface area contributed by atoms with E-state index in [2.05, 4.69) is 5.32 Å². The molecule has 1 aromatic carbocycles. The van der Waals surface area contributed by atoms with Crippen molar-refractivity contribution < 1.29 is 14.7 Å². The third kappa shape index (κ3) is 4.91. The first-order valence-corrected chi connectivity index (χ1v) is 6.70. The van der Waals surface area contributed by atoms with Gasteiger partial charge in [-0.2, -0.15) is 0 Å². The molecule has 1 amide bonds. The number of carbonyl (C=O) groups is 2. The molecule has 0 fully saturated rings. The molecule has 0 aromatic heterocycles. The summed E-state index contributed by atoms with van der Waals surface area (Å²) in [6.45, 7) is 2.04. The zero-order valence-electron chi connectivity index (χ0n) is 10.9. The van der Waals surface area contributed by atoms with Crippen molar-refractivity contribution in [3.05, 3.63) is 34.9 Å². The van der Waals surface area contributed by atoms with Crippen molar-refractivity contribution >= 4 is 23.5 Å². The molecule has 19 heavy (non-hydrogen) atoms. The van der Waals surface area contributed by atoms with E-state index in [1.165, 1.54) is 0 Å². The van der Waals surface area contributed by atoms with E-state index < -0.39 is 12.0 Å². The van der Waals surface area contributed by atoms with Crippen molar-refractivity contribution in [2.75, 3.05) is 0 Å². The smallest absolute Gasteiger partial charge is 0.330 e. The Morgan fingerprint density at radius 2 is 2.00 bits per heavy atom. The molecule has 0 aliphatic rings. The summed E-state index contributed by atoms with van der Waals surface area (Å²) in [5.74, 6) is -1.38. The van der Waals surface area contributed by atoms with Gasteiger partial charge in [-0.1, -0.05) is 49.6 Å². The first-order valence-electron chi connectivity index (χ1n) is 6.32. The Hall–Kier alpha value is -1.55. The van der Waals surface area contributed by atoms with Gasteiger partial charge in [0.05, 0.1) is 0 Å². The molecule has 0 saturated heterocycles. The topological polar surface area (TPSA) is 66.4 Å². The van der Waals surface area contributed by atoms with Crippen LogP contribution in [-0.4, -0.2) is 17.0 Å². The van der Waals surface area contributed by atoms with Crippen LogP contribution in [0.3, 0.4) is 0 Å². The quantitative estimate of drug-likeness (QED) is 0.755. The second kappa shape index (κ2) is 7.79. The molecule has 0 aliphatic carbocycles. The normalized spacial score (nSPS) is 11.9. The van der Waals surface area contributed by atoms with Crippen LogP contribution in [0.5, 0.6) is 0 Å². The number of aliphatic carboxylic acids is 1. The van der Waals surface area contributed by atoms with Crippen LogP contribution in [0.1, 0.15) is 44.2 Å². The number of nitrogens with one attached hydrogen (secondary N) is 1. The minimum Gasteiger partial charge on any atom is -0.479 e. The largest absolute Gasteiger partial charge is 0.479 e. The number of amides is 1. The van der Waals surface area contributed by atoms with E-state index in [0.29, 0.717) is 17.0 Å². The van der Waals surface area contributed by atoms with E-state index in [-0.39, 0.29) is 5.91 Å². The summed E-state index contributed by atoms with van der Waals surface area (Å²) in [6, 6.07) is 5.53. The summed E-state index contributed by atoms with van der Waals surface area (Å²) >= 11 is 5.96. The van der Waals surface area contributed by atoms with Gasteiger partial charge in [-0.15, -0.1) is 0 Å². The molecule has 2 N–H and O–H groups in total. The molecule has 0 bridgehead atoms. The highest BCUT2D eigenvalue weighted by Crippen LogP contribution is 2.23. The van der Waals surface area contributed by atoms with Gasteiger partial charge in [-0.3, -0.25) is 4.79 Å². The Bertz CT molecular complexity index is 448. The van der Waals surface area contributed by atoms with Crippen LogP contribution >= 0.6 is 11.6 Å². The van der Waals surface area contributed by atoms with Crippen LogP contribution in [0.15, 0.2) is 24.3 Å². The number of hydrogen-bond acceptors (Lipinski definition) is 2. The van der Waals surface area contributed by atoms with Gasteiger partial charge in [0.2, 0.25) is 5.91 Å². The molecule has 0 aliphatic heterocycles. The highest BCUT2D eigenvalue weighted by Gasteiger charge is 2.23. The number of halogens is 1. The summed E-state index contributed by atoms with van der Waals surface area (Å²) in [4.78, 5) is 22.9. The predicted molar refractivity (Wildman–Crippen MR) is 74.1 cm³/mol. The molecule has 1 atom stereocenters. The van der Waals surface area contributed by atoms with Gasteiger partial charge in [0, 0.05) is 17.0 Å². The summed E-state index contributed by atoms with van der Waals surface area (Å²) in [5, 5.41) is 12.0. The number of carboxylic acids is 1. The second-order valence-electron chi connectivity index (χ2n) is 4.32. The van der Waals surface area contributed by atoms with Crippen LogP contribution in [0, 0.1) is 0 Å². The molecule has 0 spiro atoms. The van der Waals surface area contributed by atoms with Crippen molar-refractivity contribution in [2.45, 2.75) is 38.6 Å². The molecule has 4 nitrogen and oxygen atoms in total. The lowest BCUT2D eigenvalue weighted by atomic mass is 10.1. The Kier molecular flexibility index (Phi) is 6.36. The Morgan fingerprint density at radius 1 is 1.32 bits per heavy atom. The van der Waals surface area contributed by atoms with E-state index >= 15 is 0 Å². The Balaban J connectivity index is 2.72. The highest BCUT2D eigenvalue weighted by molar-refractivity contribution is 6.31. The van der Waals surface area contributed by atoms with Crippen LogP contribution in [0.25, 0.3) is 0 Å². The molecular formula is C14H18ClNO3. The number of rotatable bonds is 7. The number of unbranched alkanes of at least 4 members (excludes halogenated alkanes) is 2. The number of benzene rings is 1. The van der Waals surface area contributed by atoms with Crippen LogP contribution in [0.2, 0.25) is 5.02 Å². The zero-order valence-corrected chi connectivity index (χ0v) is 11.6. The number of carboxylic acid groups (broad SMARTS) is 1. The van der Waals surface area contributed by atoms with Crippen LogP contribution in [0.4, 0.5) is 0 Å². The number of hydrogen-bond donors (Lipinski definition) is 2. The second-order valence-corrected chi connectivity index (χ2v) is 4.72. The Morgan fingerprint density at radius 3 is 2.58 bits per heavy atom. The summed E-state index contributed by atoms with van der Waals surface area (Å²) in [6.07, 6.45) is 3.07. The summed E-state index contributed by atoms with van der Waals surface area (Å²) < 4.78 is 0. The molecule has 5 heteroatoms. The lowest BCUT2D eigenvalue weighted by Crippen LogP contribution is -2.33. The molecule has 1 aromatic rings. The van der Waals surface area contributed by atoms with Gasteiger partial charge in [0.15, 0.2) is 6.04 Å². The third-order valence-electron chi connectivity index (χ3n) is 2.78. The van der Waals surface area contributed by atoms with Crippen LogP contribution in [-0.2, 0) is 9.59 Å². The van der Waals surface area contributed by atoms with Gasteiger partial charge in [-0.25, -0.2) is 4.79 Å². The zero-order chi connectivity index (χ0) is 14.3. The molecule has 104 valence electrons. The minimum absolute atomic E-state index is 0.263. The van der Waals surface area contributed by atoms with E-state index in [1.54, 1.807) is 24.3 Å². The van der Waals surface area contributed by atoms with E-state index in [9.17, 15) is 14.7 Å². The third-order valence-corrected chi connectivity index (χ3v) is 3.12. The van der Waals surface area contributed by atoms with Crippen LogP contribution < -0.4 is 5.32 Å². The highest BCUT2D eigenvalue weighted by atomic mass is 35.5. The van der Waals surface area contributed by atoms with Crippen molar-refractivity contribution in [1.29, 1.82) is 0 Å². The molecule has 0 heterocycles. The van der Waals surface area contributed by atoms with Gasteiger partial charge in [0.1, 0.15) is 0 Å². The molecule has 1 rings (SSSR count). The van der Waals surface area contributed by atoms with Gasteiger partial charge >= 0.3 is 5.97 Å². The molecule has 0 radical (unpaired) electrons. The van der Waals surface area contributed by atoms with Crippen molar-refractivity contribution in [2.24, 2.45) is 0 Å². The standard InChI is InChI=1S/C14H18ClNO3/c1-2-3-4-9-12(17)16-13(14(18)19)10-7-5-6-8-11(10)15/h5-8,13H,2-4,9H2,1H3,(H,16,17)(H,18,19)/t13-/m1/s1. The van der Waals surface area contributed by atoms with Crippen molar-refractivity contribution in [3.8, 4) is 0 Å². The Labute approximate surface area is 117 Å². The summed E-state index contributed by atoms with van der Waals surface area (Å²) in [5.41, 5.74) is 0.403. The lowest BCUT2D eigenvalue weighted by Gasteiger charge is -2.16. The first kappa shape index (κ1) is 15.5. The van der Waals surface area contributed by atoms with Crippen molar-refractivity contribution in [1.82, 2.24) is 5.32 Å². The molecule has 0 unspecified atom stereocenters. The fraction of sp³-hybridized carbons (Fsp3) is 0.429. The van der Waals surface area contributed by atoms with Crippen molar-refractivity contribution in [3.63, 3.8) is 0 Å². The average molecular weight is 284 g/mol. The summed E-state index contributed by atoms with van der Waals surface area (Å²) in [7, 11) is 0.